The fraction of sp³-hybridized carbons (Fsp3) is 0.524. The van der Waals surface area contributed by atoms with Crippen LogP contribution in [0.25, 0.3) is 22.7 Å². The number of pyridine rings is 1. The Morgan fingerprint density at radius 3 is 3.07 bits per heavy atom. The van der Waals surface area contributed by atoms with E-state index in [2.05, 4.69) is 32.1 Å². The van der Waals surface area contributed by atoms with E-state index >= 15 is 0 Å². The Morgan fingerprint density at radius 1 is 1.46 bits per heavy atom. The molecule has 0 bridgehead atoms. The molecule has 1 saturated carbocycles. The average Bonchev–Trinajstić information content (AvgIpc) is 3.02. The molecule has 2 aliphatic rings. The number of carbonyl (C=O) groups is 1. The molecule has 2 N–H and O–H groups in total. The summed E-state index contributed by atoms with van der Waals surface area (Å²) < 4.78 is 0. The normalized spacial score (nSPS) is 23.9. The van der Waals surface area contributed by atoms with E-state index in [1.165, 1.54) is 17.7 Å². The van der Waals surface area contributed by atoms with Crippen molar-refractivity contribution in [3.63, 3.8) is 0 Å². The SMILES string of the molecule is CC[C@H](C)C(=O)N(C)c1cnc2nc(-c3n[nH]c4c3C[C@@H]3C[C@]3(C)C4)[nH]c2c1. The van der Waals surface area contributed by atoms with Gasteiger partial charge in [-0.05, 0) is 43.1 Å². The number of nitrogens with zero attached hydrogens (tertiary/aromatic N) is 4. The van der Waals surface area contributed by atoms with Crippen LogP contribution in [-0.2, 0) is 17.6 Å². The molecule has 7 nitrogen and oxygen atoms in total. The van der Waals surface area contributed by atoms with Crippen molar-refractivity contribution in [1.29, 1.82) is 0 Å². The third-order valence-electron chi connectivity index (χ3n) is 6.82. The number of hydrogen-bond acceptors (Lipinski definition) is 4. The standard InChI is InChI=1S/C21H26N6O/c1-5-11(2)20(28)27(4)13-7-15-18(22-10-13)24-19(23-15)17-14-6-12-8-21(12,3)9-16(14)25-26-17/h7,10-12H,5-6,8-9H2,1-4H3,(H,25,26)(H,22,23,24)/t11-,12+,21+/m0/s1. The number of aromatic amines is 2. The largest absolute Gasteiger partial charge is 0.335 e. The number of H-pyrrole nitrogens is 2. The van der Waals surface area contributed by atoms with E-state index in [-0.39, 0.29) is 11.8 Å². The second-order valence-electron chi connectivity index (χ2n) is 8.82. The lowest BCUT2D eigenvalue weighted by atomic mass is 9.88. The Hall–Kier alpha value is -2.70. The minimum absolute atomic E-state index is 0.0123. The molecular formula is C21H26N6O. The van der Waals surface area contributed by atoms with Gasteiger partial charge in [0.2, 0.25) is 5.91 Å². The number of aromatic nitrogens is 5. The Bertz CT molecular complexity index is 1080. The van der Waals surface area contributed by atoms with Crippen LogP contribution in [0.2, 0.25) is 0 Å². The highest BCUT2D eigenvalue weighted by atomic mass is 16.2. The van der Waals surface area contributed by atoms with Gasteiger partial charge in [0.1, 0.15) is 5.69 Å². The highest BCUT2D eigenvalue weighted by molar-refractivity contribution is 5.95. The molecule has 1 fully saturated rings. The molecule has 3 aromatic heterocycles. The second kappa shape index (κ2) is 5.90. The molecule has 1 amide bonds. The van der Waals surface area contributed by atoms with Gasteiger partial charge in [-0.25, -0.2) is 9.97 Å². The number of imidazole rings is 1. The molecular weight excluding hydrogens is 352 g/mol. The summed E-state index contributed by atoms with van der Waals surface area (Å²) >= 11 is 0. The molecule has 7 heteroatoms. The molecule has 0 saturated heterocycles. The first-order valence-electron chi connectivity index (χ1n) is 10.1. The lowest BCUT2D eigenvalue weighted by molar-refractivity contribution is -0.121. The minimum atomic E-state index is -0.0123. The first-order valence-corrected chi connectivity index (χ1v) is 10.1. The van der Waals surface area contributed by atoms with E-state index in [1.807, 2.05) is 19.9 Å². The second-order valence-corrected chi connectivity index (χ2v) is 8.82. The van der Waals surface area contributed by atoms with Crippen LogP contribution in [0.15, 0.2) is 12.3 Å². The summed E-state index contributed by atoms with van der Waals surface area (Å²) in [5.74, 6) is 1.60. The molecule has 2 aliphatic carbocycles. The number of rotatable bonds is 4. The molecule has 28 heavy (non-hydrogen) atoms. The quantitative estimate of drug-likeness (QED) is 0.727. The number of fused-ring (bicyclic) bond motifs is 3. The van der Waals surface area contributed by atoms with Crippen molar-refractivity contribution in [2.24, 2.45) is 17.3 Å². The molecule has 0 aliphatic heterocycles. The molecule has 3 aromatic rings. The van der Waals surface area contributed by atoms with E-state index in [0.717, 1.165) is 47.9 Å². The van der Waals surface area contributed by atoms with Gasteiger partial charge in [0.15, 0.2) is 11.5 Å². The lowest BCUT2D eigenvalue weighted by Gasteiger charge is -2.20. The van der Waals surface area contributed by atoms with Crippen LogP contribution >= 0.6 is 0 Å². The molecule has 0 unspecified atom stereocenters. The zero-order valence-corrected chi connectivity index (χ0v) is 16.8. The van der Waals surface area contributed by atoms with Crippen molar-refractivity contribution in [1.82, 2.24) is 25.1 Å². The van der Waals surface area contributed by atoms with Gasteiger partial charge in [0.25, 0.3) is 0 Å². The predicted molar refractivity (Wildman–Crippen MR) is 108 cm³/mol. The molecule has 0 aromatic carbocycles. The Morgan fingerprint density at radius 2 is 2.29 bits per heavy atom. The molecule has 0 spiro atoms. The van der Waals surface area contributed by atoms with Gasteiger partial charge in [0, 0.05) is 24.2 Å². The van der Waals surface area contributed by atoms with Gasteiger partial charge < -0.3 is 9.88 Å². The average molecular weight is 378 g/mol. The van der Waals surface area contributed by atoms with E-state index in [4.69, 9.17) is 0 Å². The summed E-state index contributed by atoms with van der Waals surface area (Å²) in [6, 6.07) is 1.94. The topological polar surface area (TPSA) is 90.6 Å². The molecule has 3 heterocycles. The minimum Gasteiger partial charge on any atom is -0.335 e. The van der Waals surface area contributed by atoms with Crippen LogP contribution in [0.1, 0.15) is 44.9 Å². The van der Waals surface area contributed by atoms with Gasteiger partial charge in [-0.15, -0.1) is 0 Å². The highest BCUT2D eigenvalue weighted by Gasteiger charge is 2.53. The molecule has 5 rings (SSSR count). The lowest BCUT2D eigenvalue weighted by Crippen LogP contribution is -2.31. The smallest absolute Gasteiger partial charge is 0.229 e. The summed E-state index contributed by atoms with van der Waals surface area (Å²) in [7, 11) is 1.80. The van der Waals surface area contributed by atoms with Crippen LogP contribution in [0.3, 0.4) is 0 Å². The molecule has 146 valence electrons. The van der Waals surface area contributed by atoms with Crippen molar-refractivity contribution >= 4 is 22.8 Å². The number of carbonyl (C=O) groups excluding carboxylic acids is 1. The Kier molecular flexibility index (Phi) is 3.66. The fourth-order valence-corrected chi connectivity index (χ4v) is 4.47. The Balaban J connectivity index is 1.48. The summed E-state index contributed by atoms with van der Waals surface area (Å²) in [5.41, 5.74) is 6.15. The van der Waals surface area contributed by atoms with Gasteiger partial charge >= 0.3 is 0 Å². The van der Waals surface area contributed by atoms with Gasteiger partial charge in [-0.1, -0.05) is 20.8 Å². The highest BCUT2D eigenvalue weighted by Crippen LogP contribution is 2.59. The monoisotopic (exact) mass is 378 g/mol. The third-order valence-corrected chi connectivity index (χ3v) is 6.82. The van der Waals surface area contributed by atoms with Crippen LogP contribution in [0.5, 0.6) is 0 Å². The fourth-order valence-electron chi connectivity index (χ4n) is 4.47. The van der Waals surface area contributed by atoms with E-state index in [0.29, 0.717) is 11.1 Å². The first kappa shape index (κ1) is 17.4. The predicted octanol–water partition coefficient (Wildman–Crippen LogP) is 3.48. The van der Waals surface area contributed by atoms with Crippen LogP contribution in [-0.4, -0.2) is 38.1 Å². The first-order chi connectivity index (χ1) is 13.4. The summed E-state index contributed by atoms with van der Waals surface area (Å²) in [6.45, 7) is 6.34. The number of hydrogen-bond donors (Lipinski definition) is 2. The van der Waals surface area contributed by atoms with Crippen LogP contribution < -0.4 is 4.90 Å². The maximum absolute atomic E-state index is 12.5. The zero-order chi connectivity index (χ0) is 19.6. The van der Waals surface area contributed by atoms with Gasteiger partial charge in [-0.2, -0.15) is 5.10 Å². The van der Waals surface area contributed by atoms with Crippen molar-refractivity contribution in [3.05, 3.63) is 23.5 Å². The molecule has 0 radical (unpaired) electrons. The van der Waals surface area contributed by atoms with E-state index in [9.17, 15) is 4.79 Å². The van der Waals surface area contributed by atoms with Crippen molar-refractivity contribution < 1.29 is 4.79 Å². The van der Waals surface area contributed by atoms with Crippen molar-refractivity contribution in [2.45, 2.75) is 46.5 Å². The molecule has 3 atom stereocenters. The third kappa shape index (κ3) is 2.56. The van der Waals surface area contributed by atoms with E-state index in [1.54, 1.807) is 18.1 Å². The van der Waals surface area contributed by atoms with Gasteiger partial charge in [0.05, 0.1) is 17.4 Å². The van der Waals surface area contributed by atoms with Crippen molar-refractivity contribution in [3.8, 4) is 11.5 Å². The summed E-state index contributed by atoms with van der Waals surface area (Å²) in [6.07, 6.45) is 5.97. The van der Waals surface area contributed by atoms with Crippen LogP contribution in [0.4, 0.5) is 5.69 Å². The Labute approximate surface area is 164 Å². The number of nitrogens with one attached hydrogen (secondary N) is 2. The number of amides is 1. The van der Waals surface area contributed by atoms with Crippen molar-refractivity contribution in [2.75, 3.05) is 11.9 Å². The number of anilines is 1. The van der Waals surface area contributed by atoms with E-state index < -0.39 is 0 Å². The summed E-state index contributed by atoms with van der Waals surface area (Å²) in [5, 5.41) is 7.79. The van der Waals surface area contributed by atoms with Crippen LogP contribution in [0, 0.1) is 17.3 Å². The maximum atomic E-state index is 12.5. The summed E-state index contributed by atoms with van der Waals surface area (Å²) in [4.78, 5) is 26.7. The maximum Gasteiger partial charge on any atom is 0.229 e. The van der Waals surface area contributed by atoms with Gasteiger partial charge in [-0.3, -0.25) is 9.89 Å². The zero-order valence-electron chi connectivity index (χ0n) is 16.8.